The Bertz CT molecular complexity index is 998. The van der Waals surface area contributed by atoms with Crippen LogP contribution in [0.5, 0.6) is 0 Å². The molecule has 0 radical (unpaired) electrons. The quantitative estimate of drug-likeness (QED) is 0.241. The number of carbonyl (C=O) groups is 2. The van der Waals surface area contributed by atoms with Crippen molar-refractivity contribution in [3.05, 3.63) is 60.2 Å². The van der Waals surface area contributed by atoms with E-state index in [1.165, 1.54) is 0 Å². The van der Waals surface area contributed by atoms with Gasteiger partial charge in [0.25, 0.3) is 0 Å². The first kappa shape index (κ1) is 24.1. The van der Waals surface area contributed by atoms with Crippen LogP contribution in [-0.2, 0) is 20.9 Å². The minimum Gasteiger partial charge on any atom is -0.458 e. The predicted octanol–water partition coefficient (Wildman–Crippen LogP) is 5.81. The second-order valence-corrected chi connectivity index (χ2v) is 10.6. The number of thiazole rings is 1. The molecule has 0 fully saturated rings. The van der Waals surface area contributed by atoms with E-state index in [0.29, 0.717) is 12.8 Å². The molecule has 3 rings (SSSR count). The minimum atomic E-state index is -0.770. The highest BCUT2D eigenvalue weighted by molar-refractivity contribution is 8.01. The molecular formula is C24H28N2O4S2. The number of esters is 1. The van der Waals surface area contributed by atoms with Crippen LogP contribution in [0.4, 0.5) is 4.79 Å². The number of carbonyl (C=O) groups excluding carboxylic acids is 2. The Balaban J connectivity index is 1.51. The number of para-hydroxylation sites is 1. The maximum Gasteiger partial charge on any atom is 0.408 e. The van der Waals surface area contributed by atoms with Gasteiger partial charge in [-0.05, 0) is 51.3 Å². The largest absolute Gasteiger partial charge is 0.458 e. The molecule has 3 aromatic rings. The van der Waals surface area contributed by atoms with E-state index in [1.807, 2.05) is 48.5 Å². The lowest BCUT2D eigenvalue weighted by atomic mass is 10.1. The van der Waals surface area contributed by atoms with E-state index >= 15 is 0 Å². The van der Waals surface area contributed by atoms with Gasteiger partial charge < -0.3 is 14.8 Å². The first-order valence-corrected chi connectivity index (χ1v) is 12.3. The monoisotopic (exact) mass is 472 g/mol. The predicted molar refractivity (Wildman–Crippen MR) is 129 cm³/mol. The fourth-order valence-corrected chi connectivity index (χ4v) is 4.99. The number of ether oxygens (including phenoxy) is 2. The second-order valence-electron chi connectivity index (χ2n) is 8.23. The van der Waals surface area contributed by atoms with Gasteiger partial charge in [0.15, 0.2) is 4.34 Å². The van der Waals surface area contributed by atoms with Gasteiger partial charge >= 0.3 is 12.1 Å². The number of amides is 1. The van der Waals surface area contributed by atoms with E-state index < -0.39 is 23.7 Å². The number of rotatable bonds is 9. The fourth-order valence-electron chi connectivity index (χ4n) is 2.89. The number of thioether (sulfide) groups is 1. The molecule has 1 atom stereocenters. The molecule has 8 heteroatoms. The van der Waals surface area contributed by atoms with Gasteiger partial charge in [-0.15, -0.1) is 11.3 Å². The molecule has 1 heterocycles. The Kier molecular flexibility index (Phi) is 8.53. The summed E-state index contributed by atoms with van der Waals surface area (Å²) < 4.78 is 12.9. The van der Waals surface area contributed by atoms with Crippen molar-refractivity contribution in [1.82, 2.24) is 10.3 Å². The smallest absolute Gasteiger partial charge is 0.408 e. The summed E-state index contributed by atoms with van der Waals surface area (Å²) in [6.45, 7) is 5.55. The number of alkyl carbamates (subject to hydrolysis) is 1. The fraction of sp³-hybridized carbons (Fsp3) is 0.375. The van der Waals surface area contributed by atoms with Crippen LogP contribution in [0.2, 0.25) is 0 Å². The summed E-state index contributed by atoms with van der Waals surface area (Å²) in [7, 11) is 0. The molecule has 0 aliphatic rings. The molecule has 0 aliphatic carbocycles. The lowest BCUT2D eigenvalue weighted by Gasteiger charge is -2.24. The summed E-state index contributed by atoms with van der Waals surface area (Å²) in [5.41, 5.74) is 1.24. The van der Waals surface area contributed by atoms with Crippen molar-refractivity contribution in [3.8, 4) is 0 Å². The Morgan fingerprint density at radius 1 is 1.09 bits per heavy atom. The van der Waals surface area contributed by atoms with E-state index in [2.05, 4.69) is 16.4 Å². The number of nitrogens with one attached hydrogen (secondary N) is 1. The Morgan fingerprint density at radius 3 is 2.53 bits per heavy atom. The highest BCUT2D eigenvalue weighted by Gasteiger charge is 2.27. The van der Waals surface area contributed by atoms with Crippen molar-refractivity contribution >= 4 is 45.4 Å². The number of nitrogens with zero attached hydrogens (tertiary/aromatic N) is 1. The number of hydrogen-bond donors (Lipinski definition) is 1. The summed E-state index contributed by atoms with van der Waals surface area (Å²) in [5, 5.41) is 2.67. The highest BCUT2D eigenvalue weighted by atomic mass is 32.2. The van der Waals surface area contributed by atoms with E-state index in [4.69, 9.17) is 9.47 Å². The van der Waals surface area contributed by atoms with Crippen LogP contribution in [0.3, 0.4) is 0 Å². The Hall–Kier alpha value is -2.58. The molecule has 1 N–H and O–H groups in total. The Morgan fingerprint density at radius 2 is 1.81 bits per heavy atom. The number of aromatic nitrogens is 1. The van der Waals surface area contributed by atoms with Gasteiger partial charge in [0.1, 0.15) is 18.2 Å². The maximum atomic E-state index is 12.6. The third kappa shape index (κ3) is 7.84. The second kappa shape index (κ2) is 11.3. The average molecular weight is 473 g/mol. The third-order valence-electron chi connectivity index (χ3n) is 4.33. The maximum absolute atomic E-state index is 12.6. The van der Waals surface area contributed by atoms with Gasteiger partial charge in [-0.3, -0.25) is 0 Å². The van der Waals surface area contributed by atoms with Crippen molar-refractivity contribution in [2.24, 2.45) is 0 Å². The first-order valence-electron chi connectivity index (χ1n) is 10.5. The lowest BCUT2D eigenvalue weighted by Crippen LogP contribution is -2.44. The molecule has 32 heavy (non-hydrogen) atoms. The van der Waals surface area contributed by atoms with Crippen molar-refractivity contribution in [2.75, 3.05) is 5.75 Å². The van der Waals surface area contributed by atoms with Gasteiger partial charge in [-0.25, -0.2) is 14.6 Å². The summed E-state index contributed by atoms with van der Waals surface area (Å²) >= 11 is 3.31. The average Bonchev–Trinajstić information content (AvgIpc) is 3.17. The summed E-state index contributed by atoms with van der Waals surface area (Å²) in [5.74, 6) is 0.319. The molecule has 6 nitrogen and oxygen atoms in total. The minimum absolute atomic E-state index is 0.140. The third-order valence-corrected chi connectivity index (χ3v) is 6.60. The number of hydrogen-bond acceptors (Lipinski definition) is 7. The standard InChI is InChI=1S/C24H28N2O4S2/c1-24(2,3)30-21(27)19(25-22(28)29-16-17-10-5-4-6-11-17)13-9-15-31-23-26-18-12-7-8-14-20(18)32-23/h4-8,10-12,14,19H,9,13,15-16H2,1-3H3,(H,25,28). The molecule has 1 unspecified atom stereocenters. The van der Waals surface area contributed by atoms with E-state index in [0.717, 1.165) is 25.9 Å². The summed E-state index contributed by atoms with van der Waals surface area (Å²) in [4.78, 5) is 29.6. The van der Waals surface area contributed by atoms with Crippen LogP contribution in [-0.4, -0.2) is 34.4 Å². The topological polar surface area (TPSA) is 77.5 Å². The number of fused-ring (bicyclic) bond motifs is 1. The highest BCUT2D eigenvalue weighted by Crippen LogP contribution is 2.30. The van der Waals surface area contributed by atoms with E-state index in [-0.39, 0.29) is 6.61 Å². The molecule has 170 valence electrons. The van der Waals surface area contributed by atoms with Gasteiger partial charge in [0, 0.05) is 5.75 Å². The van der Waals surface area contributed by atoms with Crippen LogP contribution >= 0.6 is 23.1 Å². The van der Waals surface area contributed by atoms with Crippen molar-refractivity contribution < 1.29 is 19.1 Å². The molecule has 2 aromatic carbocycles. The van der Waals surface area contributed by atoms with E-state index in [9.17, 15) is 9.59 Å². The molecular weight excluding hydrogens is 444 g/mol. The molecule has 0 bridgehead atoms. The van der Waals surface area contributed by atoms with Crippen LogP contribution in [0.1, 0.15) is 39.2 Å². The molecule has 0 saturated carbocycles. The lowest BCUT2D eigenvalue weighted by molar-refractivity contribution is -0.157. The van der Waals surface area contributed by atoms with Crippen LogP contribution in [0, 0.1) is 0 Å². The van der Waals surface area contributed by atoms with Gasteiger partial charge in [-0.1, -0.05) is 54.2 Å². The Labute approximate surface area is 196 Å². The zero-order chi connectivity index (χ0) is 23.0. The molecule has 0 saturated heterocycles. The molecule has 0 aliphatic heterocycles. The zero-order valence-electron chi connectivity index (χ0n) is 18.5. The normalized spacial score (nSPS) is 12.3. The van der Waals surface area contributed by atoms with Crippen molar-refractivity contribution in [1.29, 1.82) is 0 Å². The number of benzene rings is 2. The molecule has 0 spiro atoms. The van der Waals surface area contributed by atoms with Gasteiger partial charge in [-0.2, -0.15) is 0 Å². The van der Waals surface area contributed by atoms with Crippen molar-refractivity contribution in [2.45, 2.75) is 56.2 Å². The SMILES string of the molecule is CC(C)(C)OC(=O)C(CCCSc1nc2ccccc2s1)NC(=O)OCc1ccccc1. The summed E-state index contributed by atoms with van der Waals surface area (Å²) in [6.07, 6.45) is 0.528. The molecule has 1 aromatic heterocycles. The van der Waals surface area contributed by atoms with Gasteiger partial charge in [0.05, 0.1) is 10.2 Å². The summed E-state index contributed by atoms with van der Waals surface area (Å²) in [6, 6.07) is 16.7. The van der Waals surface area contributed by atoms with E-state index in [1.54, 1.807) is 43.9 Å². The van der Waals surface area contributed by atoms with Crippen molar-refractivity contribution in [3.63, 3.8) is 0 Å². The van der Waals surface area contributed by atoms with Crippen LogP contribution < -0.4 is 5.32 Å². The zero-order valence-corrected chi connectivity index (χ0v) is 20.1. The van der Waals surface area contributed by atoms with Gasteiger partial charge in [0.2, 0.25) is 0 Å². The molecule has 1 amide bonds. The van der Waals surface area contributed by atoms with Crippen LogP contribution in [0.25, 0.3) is 10.2 Å². The van der Waals surface area contributed by atoms with Crippen LogP contribution in [0.15, 0.2) is 58.9 Å². The first-order chi connectivity index (χ1) is 15.3.